The van der Waals surface area contributed by atoms with Crippen LogP contribution in [0.15, 0.2) is 237 Å². The third-order valence-corrected chi connectivity index (χ3v) is 13.6. The zero-order valence-electron chi connectivity index (χ0n) is 34.5. The van der Waals surface area contributed by atoms with Crippen LogP contribution in [0, 0.1) is 0 Å². The Balaban J connectivity index is 0.993. The highest BCUT2D eigenvalue weighted by Crippen LogP contribution is 2.65. The van der Waals surface area contributed by atoms with E-state index in [0.717, 1.165) is 17.1 Å². The summed E-state index contributed by atoms with van der Waals surface area (Å²) in [6.45, 7) is 0. The molecule has 0 fully saturated rings. The van der Waals surface area contributed by atoms with Crippen molar-refractivity contribution < 1.29 is 0 Å². The molecule has 0 saturated heterocycles. The molecule has 1 atom stereocenters. The highest BCUT2D eigenvalue weighted by atomic mass is 15.1. The molecule has 0 aliphatic heterocycles. The number of nitrogens with one attached hydrogen (secondary N) is 1. The Morgan fingerprint density at radius 2 is 0.841 bits per heavy atom. The topological polar surface area (TPSA) is 19.0 Å². The van der Waals surface area contributed by atoms with Gasteiger partial charge in [-0.1, -0.05) is 200 Å². The van der Waals surface area contributed by atoms with Crippen LogP contribution in [0.3, 0.4) is 0 Å². The van der Waals surface area contributed by atoms with E-state index in [4.69, 9.17) is 0 Å². The number of aromatic nitrogens is 1. The number of rotatable bonds is 6. The van der Waals surface area contributed by atoms with Gasteiger partial charge in [-0.3, -0.25) is 0 Å². The Morgan fingerprint density at radius 1 is 0.317 bits per heavy atom. The van der Waals surface area contributed by atoms with Crippen LogP contribution in [0.4, 0.5) is 17.1 Å². The van der Waals surface area contributed by atoms with Crippen molar-refractivity contribution in [2.24, 2.45) is 0 Å². The molecule has 10 aromatic carbocycles. The second-order valence-corrected chi connectivity index (χ2v) is 16.8. The minimum absolute atomic E-state index is 0.488. The molecule has 2 nitrogen and oxygen atoms in total. The van der Waals surface area contributed by atoms with E-state index in [2.05, 4.69) is 246 Å². The van der Waals surface area contributed by atoms with Crippen LogP contribution in [0.1, 0.15) is 22.3 Å². The van der Waals surface area contributed by atoms with Gasteiger partial charge in [0.05, 0.1) is 16.6 Å². The number of nitrogens with zero attached hydrogens (tertiary/aromatic N) is 1. The first-order chi connectivity index (χ1) is 31.3. The van der Waals surface area contributed by atoms with Gasteiger partial charge in [0.15, 0.2) is 0 Å². The van der Waals surface area contributed by atoms with Crippen LogP contribution in [0.2, 0.25) is 0 Å². The maximum absolute atomic E-state index is 3.94. The quantitative estimate of drug-likeness (QED) is 0.177. The van der Waals surface area contributed by atoms with Crippen LogP contribution in [-0.4, -0.2) is 4.98 Å². The number of hydrogen-bond donors (Lipinski definition) is 1. The highest BCUT2D eigenvalue weighted by molar-refractivity contribution is 6.13. The molecule has 11 aromatic rings. The molecule has 63 heavy (non-hydrogen) atoms. The van der Waals surface area contributed by atoms with Crippen molar-refractivity contribution in [2.75, 3.05) is 4.90 Å². The first kappa shape index (κ1) is 35.5. The predicted molar refractivity (Wildman–Crippen MR) is 263 cm³/mol. The molecule has 1 aromatic heterocycles. The molecule has 1 spiro atoms. The summed E-state index contributed by atoms with van der Waals surface area (Å²) in [6, 6.07) is 86.9. The molecule has 0 bridgehead atoms. The van der Waals surface area contributed by atoms with Gasteiger partial charge in [0, 0.05) is 38.8 Å². The summed E-state index contributed by atoms with van der Waals surface area (Å²) in [5, 5.41) is 2.52. The lowest BCUT2D eigenvalue weighted by Crippen LogP contribution is -2.26. The van der Waals surface area contributed by atoms with Crippen LogP contribution in [0.25, 0.3) is 77.4 Å². The molecule has 0 radical (unpaired) electrons. The fraction of sp³-hybridized carbons (Fsp3) is 0.0164. The lowest BCUT2D eigenvalue weighted by molar-refractivity contribution is 0.799. The monoisotopic (exact) mass is 800 g/mol. The number of para-hydroxylation sites is 2. The fourth-order valence-corrected chi connectivity index (χ4v) is 11.0. The van der Waals surface area contributed by atoms with Crippen LogP contribution >= 0.6 is 0 Å². The smallest absolute Gasteiger partial charge is 0.0746 e. The van der Waals surface area contributed by atoms with Gasteiger partial charge in [-0.05, 0) is 103 Å². The predicted octanol–water partition coefficient (Wildman–Crippen LogP) is 16.1. The van der Waals surface area contributed by atoms with Gasteiger partial charge >= 0.3 is 0 Å². The third kappa shape index (κ3) is 5.19. The number of anilines is 3. The van der Waals surface area contributed by atoms with E-state index in [0.29, 0.717) is 0 Å². The Kier molecular flexibility index (Phi) is 7.85. The Hall–Kier alpha value is -8.20. The van der Waals surface area contributed by atoms with Crippen molar-refractivity contribution in [3.63, 3.8) is 0 Å². The maximum Gasteiger partial charge on any atom is 0.0746 e. The second-order valence-electron chi connectivity index (χ2n) is 16.8. The molecule has 13 rings (SSSR count). The lowest BCUT2D eigenvalue weighted by atomic mass is 9.70. The van der Waals surface area contributed by atoms with E-state index in [1.165, 1.54) is 99.7 Å². The van der Waals surface area contributed by atoms with Crippen molar-refractivity contribution in [3.05, 3.63) is 259 Å². The highest BCUT2D eigenvalue weighted by Gasteiger charge is 2.53. The standard InChI is InChI=1S/C61H40N2/c1-3-16-40(17-4-1)41-30-34-44(35-31-41)63(57-29-14-10-20-46(57)42-18-5-2-6-19-42)45-36-32-43(33-37-45)47-24-15-27-55-58(47)52-23-8-12-26-54(52)61(55)53-25-11-7-21-48(53)50-38-39-51-49-22-9-13-28-56(49)62-60(51)59(50)61/h1-39,62H. The summed E-state index contributed by atoms with van der Waals surface area (Å²) < 4.78 is 0. The minimum Gasteiger partial charge on any atom is -0.354 e. The summed E-state index contributed by atoms with van der Waals surface area (Å²) in [5.74, 6) is 0. The Labute approximate surface area is 367 Å². The SMILES string of the molecule is c1ccc(-c2ccc(N(c3ccc(-c4cccc5c4-c4ccccc4C54c5ccccc5-c5ccc6c([nH]c7ccccc76)c54)cc3)c3ccccc3-c3ccccc3)cc2)cc1. The molecule has 2 heteroatoms. The first-order valence-corrected chi connectivity index (χ1v) is 21.8. The molecule has 1 heterocycles. The van der Waals surface area contributed by atoms with Gasteiger partial charge in [0.25, 0.3) is 0 Å². The van der Waals surface area contributed by atoms with Gasteiger partial charge in [-0.2, -0.15) is 0 Å². The van der Waals surface area contributed by atoms with Crippen LogP contribution in [-0.2, 0) is 5.41 Å². The Bertz CT molecular complexity index is 3550. The molecular weight excluding hydrogens is 761 g/mol. The van der Waals surface area contributed by atoms with Crippen molar-refractivity contribution in [2.45, 2.75) is 5.41 Å². The van der Waals surface area contributed by atoms with E-state index in [1.807, 2.05) is 0 Å². The number of aromatic amines is 1. The molecule has 2 aliphatic carbocycles. The zero-order chi connectivity index (χ0) is 41.5. The largest absolute Gasteiger partial charge is 0.354 e. The average Bonchev–Trinajstić information content (AvgIpc) is 3.99. The van der Waals surface area contributed by atoms with Gasteiger partial charge in [-0.15, -0.1) is 0 Å². The number of H-pyrrole nitrogens is 1. The van der Waals surface area contributed by atoms with Crippen molar-refractivity contribution in [1.82, 2.24) is 4.98 Å². The molecule has 294 valence electrons. The Morgan fingerprint density at radius 3 is 1.59 bits per heavy atom. The molecular formula is C61H40N2. The number of benzene rings is 10. The average molecular weight is 801 g/mol. The fourth-order valence-electron chi connectivity index (χ4n) is 11.0. The first-order valence-electron chi connectivity index (χ1n) is 21.8. The lowest BCUT2D eigenvalue weighted by Gasteiger charge is -2.31. The molecule has 2 aliphatic rings. The van der Waals surface area contributed by atoms with Gasteiger partial charge in [-0.25, -0.2) is 0 Å². The normalized spacial score (nSPS) is 14.4. The summed E-state index contributed by atoms with van der Waals surface area (Å²) >= 11 is 0. The van der Waals surface area contributed by atoms with E-state index >= 15 is 0 Å². The number of fused-ring (bicyclic) bond motifs is 14. The summed E-state index contributed by atoms with van der Waals surface area (Å²) in [6.07, 6.45) is 0. The maximum atomic E-state index is 3.94. The zero-order valence-corrected chi connectivity index (χ0v) is 34.5. The minimum atomic E-state index is -0.488. The van der Waals surface area contributed by atoms with Gasteiger partial charge in [0.2, 0.25) is 0 Å². The van der Waals surface area contributed by atoms with Crippen molar-refractivity contribution >= 4 is 38.9 Å². The van der Waals surface area contributed by atoms with Crippen molar-refractivity contribution in [1.29, 1.82) is 0 Å². The van der Waals surface area contributed by atoms with Gasteiger partial charge < -0.3 is 9.88 Å². The summed E-state index contributed by atoms with van der Waals surface area (Å²) in [4.78, 5) is 6.34. The van der Waals surface area contributed by atoms with E-state index in [1.54, 1.807) is 0 Å². The number of hydrogen-bond acceptors (Lipinski definition) is 1. The third-order valence-electron chi connectivity index (χ3n) is 13.6. The molecule has 0 amide bonds. The van der Waals surface area contributed by atoms with Gasteiger partial charge in [0.1, 0.15) is 0 Å². The second kappa shape index (κ2) is 13.9. The van der Waals surface area contributed by atoms with E-state index in [9.17, 15) is 0 Å². The molecule has 1 N–H and O–H groups in total. The van der Waals surface area contributed by atoms with E-state index in [-0.39, 0.29) is 0 Å². The van der Waals surface area contributed by atoms with E-state index < -0.39 is 5.41 Å². The summed E-state index contributed by atoms with van der Waals surface area (Å²) in [7, 11) is 0. The van der Waals surface area contributed by atoms with Crippen molar-refractivity contribution in [3.8, 4) is 55.6 Å². The summed E-state index contributed by atoms with van der Waals surface area (Å²) in [5.41, 5.74) is 23.0. The van der Waals surface area contributed by atoms with Crippen LogP contribution < -0.4 is 4.90 Å². The van der Waals surface area contributed by atoms with Crippen LogP contribution in [0.5, 0.6) is 0 Å². The molecule has 1 unspecified atom stereocenters. The molecule has 0 saturated carbocycles.